The molecule has 3 aromatic rings. The smallest absolute Gasteiger partial charge is 0.295 e. The van der Waals surface area contributed by atoms with E-state index in [1.54, 1.807) is 22.8 Å². The predicted molar refractivity (Wildman–Crippen MR) is 103 cm³/mol. The molecule has 0 fully saturated rings. The fraction of sp³-hybridized carbons (Fsp3) is 0.150. The van der Waals surface area contributed by atoms with E-state index in [1.807, 2.05) is 44.2 Å². The quantitative estimate of drug-likeness (QED) is 0.461. The average molecular weight is 368 g/mol. The van der Waals surface area contributed by atoms with E-state index in [2.05, 4.69) is 10.2 Å². The van der Waals surface area contributed by atoms with Crippen molar-refractivity contribution in [2.45, 2.75) is 20.4 Å². The second-order valence-corrected chi connectivity index (χ2v) is 6.53. The molecule has 1 amide bonds. The number of aromatic hydroxyl groups is 1. The third-order valence-electron chi connectivity index (χ3n) is 3.91. The Balaban J connectivity index is 2.01. The number of rotatable bonds is 4. The van der Waals surface area contributed by atoms with Gasteiger partial charge in [0, 0.05) is 22.5 Å². The van der Waals surface area contributed by atoms with Crippen LogP contribution in [-0.2, 0) is 6.54 Å². The van der Waals surface area contributed by atoms with Crippen LogP contribution in [0.2, 0.25) is 5.02 Å². The molecule has 5 nitrogen and oxygen atoms in total. The van der Waals surface area contributed by atoms with Crippen molar-refractivity contribution in [3.05, 3.63) is 70.8 Å². The van der Waals surface area contributed by atoms with Gasteiger partial charge in [0.15, 0.2) is 5.69 Å². The highest BCUT2D eigenvalue weighted by Crippen LogP contribution is 2.38. The summed E-state index contributed by atoms with van der Waals surface area (Å²) in [6, 6.07) is 14.0. The Bertz CT molecular complexity index is 1030. The monoisotopic (exact) mass is 367 g/mol. The summed E-state index contributed by atoms with van der Waals surface area (Å²) in [5.41, 5.74) is 2.58. The van der Waals surface area contributed by atoms with Crippen molar-refractivity contribution < 1.29 is 9.90 Å². The highest BCUT2D eigenvalue weighted by Gasteiger charge is 2.16. The molecule has 1 N–H and O–H groups in total. The van der Waals surface area contributed by atoms with Gasteiger partial charge in [0.05, 0.1) is 5.52 Å². The molecule has 1 aromatic heterocycles. The van der Waals surface area contributed by atoms with Crippen LogP contribution in [-0.4, -0.2) is 15.6 Å². The Morgan fingerprint density at radius 2 is 1.96 bits per heavy atom. The highest BCUT2D eigenvalue weighted by molar-refractivity contribution is 6.30. The first-order valence-corrected chi connectivity index (χ1v) is 8.50. The van der Waals surface area contributed by atoms with Crippen LogP contribution in [0.25, 0.3) is 10.9 Å². The van der Waals surface area contributed by atoms with Gasteiger partial charge in [-0.25, -0.2) is 0 Å². The van der Waals surface area contributed by atoms with Gasteiger partial charge in [-0.05, 0) is 38.1 Å². The molecule has 3 rings (SSSR count). The minimum Gasteiger partial charge on any atom is -0.493 e. The van der Waals surface area contributed by atoms with E-state index >= 15 is 0 Å². The van der Waals surface area contributed by atoms with Crippen LogP contribution in [0, 0.1) is 0 Å². The molecule has 0 aliphatic carbocycles. The van der Waals surface area contributed by atoms with Crippen LogP contribution >= 0.6 is 11.6 Å². The molecule has 2 aromatic carbocycles. The zero-order chi connectivity index (χ0) is 18.7. The Labute approximate surface area is 156 Å². The maximum atomic E-state index is 12.2. The summed E-state index contributed by atoms with van der Waals surface area (Å²) in [5, 5.41) is 19.6. The Hall–Kier alpha value is -2.92. The van der Waals surface area contributed by atoms with Crippen LogP contribution in [0.15, 0.2) is 70.4 Å². The summed E-state index contributed by atoms with van der Waals surface area (Å²) in [6.07, 6.45) is 2.00. The van der Waals surface area contributed by atoms with Crippen molar-refractivity contribution in [3.63, 3.8) is 0 Å². The summed E-state index contributed by atoms with van der Waals surface area (Å²) in [6.45, 7) is 4.49. The van der Waals surface area contributed by atoms with Crippen molar-refractivity contribution in [1.82, 2.24) is 4.57 Å². The third-order valence-corrected chi connectivity index (χ3v) is 4.15. The lowest BCUT2D eigenvalue weighted by Crippen LogP contribution is -1.94. The van der Waals surface area contributed by atoms with Crippen LogP contribution in [0.3, 0.4) is 0 Å². The highest BCUT2D eigenvalue weighted by atomic mass is 35.5. The van der Waals surface area contributed by atoms with Gasteiger partial charge >= 0.3 is 0 Å². The van der Waals surface area contributed by atoms with E-state index in [0.717, 1.165) is 16.5 Å². The summed E-state index contributed by atoms with van der Waals surface area (Å²) >= 11 is 5.90. The van der Waals surface area contributed by atoms with E-state index in [-0.39, 0.29) is 11.6 Å². The molecule has 0 bridgehead atoms. The molecule has 0 atom stereocenters. The molecule has 1 heterocycles. The SMILES string of the molecule is CC(C)=CCn1c(O)c(N=NC(=O)c2cccc(Cl)c2)c2ccccc21. The standard InChI is InChI=1S/C20H18ClN3O2/c1-13(2)10-11-24-17-9-4-3-8-16(17)18(20(24)26)22-23-19(25)14-6-5-7-15(21)12-14/h3-10,12,26H,11H2,1-2H3. The molecule has 0 radical (unpaired) electrons. The molecule has 132 valence electrons. The number of hydrogen-bond donors (Lipinski definition) is 1. The fourth-order valence-electron chi connectivity index (χ4n) is 2.60. The molecular formula is C20H18ClN3O2. The third kappa shape index (κ3) is 3.68. The predicted octanol–water partition coefficient (Wildman–Crippen LogP) is 5.89. The number of azo groups is 1. The summed E-state index contributed by atoms with van der Waals surface area (Å²) in [4.78, 5) is 12.2. The lowest BCUT2D eigenvalue weighted by Gasteiger charge is -2.03. The van der Waals surface area contributed by atoms with Crippen molar-refractivity contribution in [2.24, 2.45) is 10.2 Å². The van der Waals surface area contributed by atoms with Crippen molar-refractivity contribution >= 4 is 34.1 Å². The van der Waals surface area contributed by atoms with Crippen LogP contribution in [0.4, 0.5) is 5.69 Å². The Kier molecular flexibility index (Phi) is 5.19. The lowest BCUT2D eigenvalue weighted by atomic mass is 10.2. The number of allylic oxidation sites excluding steroid dienone is 2. The van der Waals surface area contributed by atoms with Gasteiger partial charge in [0.1, 0.15) is 0 Å². The van der Waals surface area contributed by atoms with Crippen molar-refractivity contribution in [3.8, 4) is 5.88 Å². The molecule has 6 heteroatoms. The topological polar surface area (TPSA) is 66.9 Å². The Morgan fingerprint density at radius 3 is 2.69 bits per heavy atom. The number of hydrogen-bond acceptors (Lipinski definition) is 3. The zero-order valence-electron chi connectivity index (χ0n) is 14.5. The van der Waals surface area contributed by atoms with Gasteiger partial charge < -0.3 is 9.67 Å². The molecule has 0 saturated carbocycles. The van der Waals surface area contributed by atoms with Gasteiger partial charge in [-0.1, -0.05) is 47.5 Å². The first kappa shape index (κ1) is 17.9. The molecule has 0 spiro atoms. The van der Waals surface area contributed by atoms with Crippen molar-refractivity contribution in [1.29, 1.82) is 0 Å². The summed E-state index contributed by atoms with van der Waals surface area (Å²) in [7, 11) is 0. The van der Waals surface area contributed by atoms with E-state index in [0.29, 0.717) is 17.1 Å². The van der Waals surface area contributed by atoms with Crippen LogP contribution < -0.4 is 0 Å². The molecule has 0 aliphatic heterocycles. The summed E-state index contributed by atoms with van der Waals surface area (Å²) < 4.78 is 1.74. The Morgan fingerprint density at radius 1 is 1.19 bits per heavy atom. The van der Waals surface area contributed by atoms with Gasteiger partial charge in [-0.2, -0.15) is 0 Å². The normalized spacial score (nSPS) is 11.2. The molecule has 26 heavy (non-hydrogen) atoms. The van der Waals surface area contributed by atoms with E-state index in [9.17, 15) is 9.90 Å². The van der Waals surface area contributed by atoms with Crippen LogP contribution in [0.1, 0.15) is 24.2 Å². The maximum Gasteiger partial charge on any atom is 0.295 e. The second kappa shape index (κ2) is 7.54. The van der Waals surface area contributed by atoms with Crippen LogP contribution in [0.5, 0.6) is 5.88 Å². The molecule has 0 saturated heterocycles. The second-order valence-electron chi connectivity index (χ2n) is 6.10. The number of benzene rings is 2. The number of amides is 1. The maximum absolute atomic E-state index is 12.2. The minimum absolute atomic E-state index is 0.0219. The number of carbonyl (C=O) groups excluding carboxylic acids is 1. The van der Waals surface area contributed by atoms with E-state index in [4.69, 9.17) is 11.6 Å². The first-order chi connectivity index (χ1) is 12.5. The number of aromatic nitrogens is 1. The lowest BCUT2D eigenvalue weighted by molar-refractivity contribution is 0.0995. The zero-order valence-corrected chi connectivity index (χ0v) is 15.2. The number of carbonyl (C=O) groups is 1. The molecule has 0 unspecified atom stereocenters. The number of nitrogens with zero attached hydrogens (tertiary/aromatic N) is 3. The molecular weight excluding hydrogens is 350 g/mol. The van der Waals surface area contributed by atoms with Gasteiger partial charge in [0.2, 0.25) is 5.88 Å². The van der Waals surface area contributed by atoms with E-state index < -0.39 is 5.91 Å². The van der Waals surface area contributed by atoms with Gasteiger partial charge in [0.25, 0.3) is 5.91 Å². The van der Waals surface area contributed by atoms with Gasteiger partial charge in [-0.15, -0.1) is 10.2 Å². The summed E-state index contributed by atoms with van der Waals surface area (Å²) in [5.74, 6) is -0.542. The van der Waals surface area contributed by atoms with Gasteiger partial charge in [-0.3, -0.25) is 4.79 Å². The first-order valence-electron chi connectivity index (χ1n) is 8.12. The largest absolute Gasteiger partial charge is 0.493 e. The number of para-hydroxylation sites is 1. The fourth-order valence-corrected chi connectivity index (χ4v) is 2.79. The number of fused-ring (bicyclic) bond motifs is 1. The average Bonchev–Trinajstić information content (AvgIpc) is 2.89. The number of halogens is 1. The van der Waals surface area contributed by atoms with Crippen molar-refractivity contribution in [2.75, 3.05) is 0 Å². The van der Waals surface area contributed by atoms with E-state index in [1.165, 1.54) is 6.07 Å². The molecule has 0 aliphatic rings. The minimum atomic E-state index is -0.520.